The number of carbonyl (C=O) groups excluding carboxylic acids is 1. The lowest BCUT2D eigenvalue weighted by Gasteiger charge is -2.18. The number of hydrogen-bond donors (Lipinski definition) is 1. The summed E-state index contributed by atoms with van der Waals surface area (Å²) in [6, 6.07) is 10.8. The van der Waals surface area contributed by atoms with Crippen LogP contribution in [-0.4, -0.2) is 25.9 Å². The van der Waals surface area contributed by atoms with Crippen molar-refractivity contribution < 1.29 is 23.7 Å². The SMILES string of the molecule is CCCOc1ccc([C@@H](C)NC(=O)c2ccc3c(c2)OCO3)cc1OCCC. The topological polar surface area (TPSA) is 66.0 Å². The molecule has 0 fully saturated rings. The van der Waals surface area contributed by atoms with Gasteiger partial charge in [-0.1, -0.05) is 19.9 Å². The largest absolute Gasteiger partial charge is 0.490 e. The zero-order valence-electron chi connectivity index (χ0n) is 16.6. The predicted octanol–water partition coefficient (Wildman–Crippen LogP) is 4.48. The molecule has 0 saturated carbocycles. The Morgan fingerprint density at radius 2 is 1.71 bits per heavy atom. The van der Waals surface area contributed by atoms with Gasteiger partial charge in [-0.05, 0) is 55.7 Å². The number of amides is 1. The Morgan fingerprint density at radius 3 is 2.46 bits per heavy atom. The van der Waals surface area contributed by atoms with E-state index in [1.807, 2.05) is 25.1 Å². The molecule has 28 heavy (non-hydrogen) atoms. The fourth-order valence-electron chi connectivity index (χ4n) is 2.85. The molecule has 0 unspecified atom stereocenters. The van der Waals surface area contributed by atoms with Crippen molar-refractivity contribution in [2.45, 2.75) is 39.7 Å². The molecule has 1 aliphatic rings. The number of nitrogens with one attached hydrogen (secondary N) is 1. The molecule has 0 radical (unpaired) electrons. The third-order valence-electron chi connectivity index (χ3n) is 4.37. The van der Waals surface area contributed by atoms with Crippen molar-refractivity contribution in [3.05, 3.63) is 47.5 Å². The van der Waals surface area contributed by atoms with Crippen LogP contribution in [0.2, 0.25) is 0 Å². The maximum absolute atomic E-state index is 12.6. The summed E-state index contributed by atoms with van der Waals surface area (Å²) in [7, 11) is 0. The average molecular weight is 385 g/mol. The molecule has 1 amide bonds. The summed E-state index contributed by atoms with van der Waals surface area (Å²) >= 11 is 0. The fourth-order valence-corrected chi connectivity index (χ4v) is 2.85. The van der Waals surface area contributed by atoms with Gasteiger partial charge in [-0.25, -0.2) is 0 Å². The molecule has 0 saturated heterocycles. The van der Waals surface area contributed by atoms with Crippen LogP contribution < -0.4 is 24.3 Å². The molecule has 1 N–H and O–H groups in total. The minimum absolute atomic E-state index is 0.173. The van der Waals surface area contributed by atoms with Gasteiger partial charge in [0.1, 0.15) is 0 Å². The van der Waals surface area contributed by atoms with E-state index in [1.165, 1.54) is 0 Å². The molecule has 6 nitrogen and oxygen atoms in total. The Bertz CT molecular complexity index is 821. The summed E-state index contributed by atoms with van der Waals surface area (Å²) in [6.45, 7) is 7.50. The van der Waals surface area contributed by atoms with E-state index < -0.39 is 0 Å². The van der Waals surface area contributed by atoms with E-state index in [2.05, 4.69) is 19.2 Å². The van der Waals surface area contributed by atoms with Gasteiger partial charge in [0.2, 0.25) is 6.79 Å². The lowest BCUT2D eigenvalue weighted by molar-refractivity contribution is 0.0939. The Hall–Kier alpha value is -2.89. The Kier molecular flexibility index (Phi) is 6.63. The van der Waals surface area contributed by atoms with Gasteiger partial charge in [0.05, 0.1) is 19.3 Å². The summed E-state index contributed by atoms with van der Waals surface area (Å²) in [5.74, 6) is 2.51. The van der Waals surface area contributed by atoms with Crippen LogP contribution in [0.25, 0.3) is 0 Å². The molecule has 150 valence electrons. The third-order valence-corrected chi connectivity index (χ3v) is 4.37. The van der Waals surface area contributed by atoms with Gasteiger partial charge in [-0.15, -0.1) is 0 Å². The van der Waals surface area contributed by atoms with Crippen LogP contribution in [0.5, 0.6) is 23.0 Å². The van der Waals surface area contributed by atoms with E-state index in [4.69, 9.17) is 18.9 Å². The van der Waals surface area contributed by atoms with Crippen LogP contribution in [0.1, 0.15) is 55.6 Å². The number of ether oxygens (including phenoxy) is 4. The first-order chi connectivity index (χ1) is 13.6. The summed E-state index contributed by atoms with van der Waals surface area (Å²) in [6.07, 6.45) is 1.84. The Balaban J connectivity index is 1.71. The predicted molar refractivity (Wildman–Crippen MR) is 106 cm³/mol. The van der Waals surface area contributed by atoms with E-state index in [9.17, 15) is 4.79 Å². The normalized spacial score (nSPS) is 13.1. The highest BCUT2D eigenvalue weighted by molar-refractivity contribution is 5.95. The molecule has 0 aliphatic carbocycles. The summed E-state index contributed by atoms with van der Waals surface area (Å²) < 4.78 is 22.3. The molecule has 2 aromatic rings. The highest BCUT2D eigenvalue weighted by atomic mass is 16.7. The molecule has 0 aromatic heterocycles. The monoisotopic (exact) mass is 385 g/mol. The van der Waals surface area contributed by atoms with E-state index in [0.29, 0.717) is 36.0 Å². The summed E-state index contributed by atoms with van der Waals surface area (Å²) in [4.78, 5) is 12.6. The van der Waals surface area contributed by atoms with Gasteiger partial charge in [0, 0.05) is 5.56 Å². The lowest BCUT2D eigenvalue weighted by Crippen LogP contribution is -2.26. The van der Waals surface area contributed by atoms with Crippen molar-refractivity contribution in [1.82, 2.24) is 5.32 Å². The molecule has 6 heteroatoms. The van der Waals surface area contributed by atoms with Crippen LogP contribution in [0.15, 0.2) is 36.4 Å². The van der Waals surface area contributed by atoms with Crippen LogP contribution in [0.3, 0.4) is 0 Å². The lowest BCUT2D eigenvalue weighted by atomic mass is 10.1. The van der Waals surface area contributed by atoms with Gasteiger partial charge in [-0.3, -0.25) is 4.79 Å². The van der Waals surface area contributed by atoms with Crippen LogP contribution in [-0.2, 0) is 0 Å². The number of carbonyl (C=O) groups is 1. The minimum atomic E-state index is -0.192. The maximum Gasteiger partial charge on any atom is 0.251 e. The van der Waals surface area contributed by atoms with Gasteiger partial charge in [0.25, 0.3) is 5.91 Å². The molecule has 3 rings (SSSR count). The molecule has 1 aliphatic heterocycles. The minimum Gasteiger partial charge on any atom is -0.490 e. The third kappa shape index (κ3) is 4.68. The van der Waals surface area contributed by atoms with Crippen molar-refractivity contribution in [1.29, 1.82) is 0 Å². The van der Waals surface area contributed by atoms with Gasteiger partial charge >= 0.3 is 0 Å². The summed E-state index contributed by atoms with van der Waals surface area (Å²) in [5.41, 5.74) is 1.48. The van der Waals surface area contributed by atoms with Crippen LogP contribution in [0, 0.1) is 0 Å². The second-order valence-corrected chi connectivity index (χ2v) is 6.67. The highest BCUT2D eigenvalue weighted by Gasteiger charge is 2.18. The number of fused-ring (bicyclic) bond motifs is 1. The molecular formula is C22H27NO5. The van der Waals surface area contributed by atoms with Gasteiger partial charge < -0.3 is 24.3 Å². The van der Waals surface area contributed by atoms with Crippen LogP contribution in [0.4, 0.5) is 0 Å². The Morgan fingerprint density at radius 1 is 1.00 bits per heavy atom. The first-order valence-electron chi connectivity index (χ1n) is 9.72. The first-order valence-corrected chi connectivity index (χ1v) is 9.72. The van der Waals surface area contributed by atoms with E-state index in [0.717, 1.165) is 24.2 Å². The molecule has 0 spiro atoms. The van der Waals surface area contributed by atoms with Crippen molar-refractivity contribution >= 4 is 5.91 Å². The molecular weight excluding hydrogens is 358 g/mol. The molecule has 0 bridgehead atoms. The average Bonchev–Trinajstić information content (AvgIpc) is 3.18. The van der Waals surface area contributed by atoms with Gasteiger partial charge in [0.15, 0.2) is 23.0 Å². The van der Waals surface area contributed by atoms with E-state index in [1.54, 1.807) is 18.2 Å². The quantitative estimate of drug-likeness (QED) is 0.689. The van der Waals surface area contributed by atoms with Crippen molar-refractivity contribution in [3.8, 4) is 23.0 Å². The van der Waals surface area contributed by atoms with Crippen molar-refractivity contribution in [2.75, 3.05) is 20.0 Å². The zero-order valence-corrected chi connectivity index (χ0v) is 16.6. The maximum atomic E-state index is 12.6. The second-order valence-electron chi connectivity index (χ2n) is 6.67. The zero-order chi connectivity index (χ0) is 19.9. The van der Waals surface area contributed by atoms with Crippen LogP contribution >= 0.6 is 0 Å². The second kappa shape index (κ2) is 9.35. The highest BCUT2D eigenvalue weighted by Crippen LogP contribution is 2.33. The van der Waals surface area contributed by atoms with Crippen molar-refractivity contribution in [3.63, 3.8) is 0 Å². The fraction of sp³-hybridized carbons (Fsp3) is 0.409. The summed E-state index contributed by atoms with van der Waals surface area (Å²) in [5, 5.41) is 3.02. The standard InChI is InChI=1S/C22H27NO5/c1-4-10-25-18-8-6-16(12-20(18)26-11-5-2)15(3)23-22(24)17-7-9-19-21(13-17)28-14-27-19/h6-9,12-13,15H,4-5,10-11,14H2,1-3H3,(H,23,24)/t15-/m1/s1. The van der Waals surface area contributed by atoms with Crippen molar-refractivity contribution in [2.24, 2.45) is 0 Å². The molecule has 1 heterocycles. The molecule has 2 aromatic carbocycles. The molecule has 1 atom stereocenters. The Labute approximate surface area is 165 Å². The number of hydrogen-bond acceptors (Lipinski definition) is 5. The number of rotatable bonds is 9. The van der Waals surface area contributed by atoms with E-state index >= 15 is 0 Å². The smallest absolute Gasteiger partial charge is 0.251 e. The first kappa shape index (κ1) is 19.9. The van der Waals surface area contributed by atoms with Gasteiger partial charge in [-0.2, -0.15) is 0 Å². The van der Waals surface area contributed by atoms with E-state index in [-0.39, 0.29) is 18.7 Å². The number of benzene rings is 2.